The highest BCUT2D eigenvalue weighted by molar-refractivity contribution is 5.58. The first kappa shape index (κ1) is 11.2. The van der Waals surface area contributed by atoms with Crippen molar-refractivity contribution in [3.8, 4) is 6.07 Å². The van der Waals surface area contributed by atoms with E-state index < -0.39 is 0 Å². The Kier molecular flexibility index (Phi) is 2.84. The summed E-state index contributed by atoms with van der Waals surface area (Å²) in [5, 5.41) is 9.05. The molecule has 4 nitrogen and oxygen atoms in total. The molecule has 0 saturated carbocycles. The van der Waals surface area contributed by atoms with Crippen LogP contribution in [-0.4, -0.2) is 9.55 Å². The number of hydrogen-bond acceptors (Lipinski definition) is 3. The Labute approximate surface area is 100 Å². The first-order chi connectivity index (χ1) is 8.15. The number of rotatable bonds is 2. The van der Waals surface area contributed by atoms with Gasteiger partial charge in [0.05, 0.1) is 12.1 Å². The van der Waals surface area contributed by atoms with Gasteiger partial charge in [-0.15, -0.1) is 0 Å². The number of nitriles is 1. The van der Waals surface area contributed by atoms with E-state index in [9.17, 15) is 0 Å². The van der Waals surface area contributed by atoms with Crippen LogP contribution in [0, 0.1) is 25.2 Å². The number of aromatic nitrogens is 2. The van der Waals surface area contributed by atoms with E-state index >= 15 is 0 Å². The second-order valence-electron chi connectivity index (χ2n) is 4.03. The largest absolute Gasteiger partial charge is 0.384 e. The lowest BCUT2D eigenvalue weighted by Crippen LogP contribution is -2.06. The lowest BCUT2D eigenvalue weighted by Gasteiger charge is -2.08. The molecule has 0 fully saturated rings. The smallest absolute Gasteiger partial charge is 0.122 e. The maximum absolute atomic E-state index is 9.05. The van der Waals surface area contributed by atoms with Crippen LogP contribution in [0.4, 0.5) is 5.82 Å². The minimum absolute atomic E-state index is 0.534. The summed E-state index contributed by atoms with van der Waals surface area (Å²) in [6.07, 6.45) is 3.54. The number of nitrogens with two attached hydrogens (primary N) is 1. The van der Waals surface area contributed by atoms with E-state index in [-0.39, 0.29) is 0 Å². The topological polar surface area (TPSA) is 67.6 Å². The zero-order valence-electron chi connectivity index (χ0n) is 9.94. The van der Waals surface area contributed by atoms with Crippen molar-refractivity contribution in [2.45, 2.75) is 20.4 Å². The van der Waals surface area contributed by atoms with Crippen molar-refractivity contribution < 1.29 is 0 Å². The Morgan fingerprint density at radius 2 is 2.24 bits per heavy atom. The molecule has 2 aromatic heterocycles. The third kappa shape index (κ3) is 1.87. The monoisotopic (exact) mass is 226 g/mol. The highest BCUT2D eigenvalue weighted by Crippen LogP contribution is 2.24. The van der Waals surface area contributed by atoms with Crippen LogP contribution < -0.4 is 5.73 Å². The quantitative estimate of drug-likeness (QED) is 0.851. The van der Waals surface area contributed by atoms with Gasteiger partial charge in [-0.25, -0.2) is 0 Å². The molecule has 0 aliphatic rings. The summed E-state index contributed by atoms with van der Waals surface area (Å²) < 4.78 is 1.95. The summed E-state index contributed by atoms with van der Waals surface area (Å²) in [6.45, 7) is 4.54. The van der Waals surface area contributed by atoms with Gasteiger partial charge < -0.3 is 10.3 Å². The van der Waals surface area contributed by atoms with Gasteiger partial charge in [-0.2, -0.15) is 5.26 Å². The maximum Gasteiger partial charge on any atom is 0.122 e. The van der Waals surface area contributed by atoms with E-state index in [0.717, 1.165) is 16.8 Å². The van der Waals surface area contributed by atoms with E-state index in [4.69, 9.17) is 11.0 Å². The Morgan fingerprint density at radius 1 is 1.47 bits per heavy atom. The van der Waals surface area contributed by atoms with Gasteiger partial charge in [0.1, 0.15) is 11.9 Å². The number of hydrogen-bond donors (Lipinski definition) is 1. The Balaban J connectivity index is 2.45. The zero-order valence-corrected chi connectivity index (χ0v) is 9.94. The summed E-state index contributed by atoms with van der Waals surface area (Å²) >= 11 is 0. The minimum Gasteiger partial charge on any atom is -0.384 e. The van der Waals surface area contributed by atoms with Crippen molar-refractivity contribution in [2.24, 2.45) is 0 Å². The fraction of sp³-hybridized carbons (Fsp3) is 0.231. The number of anilines is 1. The standard InChI is InChI=1S/C13H14N4/c1-9-10(2)17(13(15)12(9)6-14)8-11-4-3-5-16-7-11/h3-5,7H,8,15H2,1-2H3. The SMILES string of the molecule is Cc1c(C#N)c(N)n(Cc2cccnc2)c1C. The molecule has 0 aliphatic carbocycles. The molecular formula is C13H14N4. The summed E-state index contributed by atoms with van der Waals surface area (Å²) in [5.74, 6) is 0.534. The average Bonchev–Trinajstić information content (AvgIpc) is 2.55. The molecule has 86 valence electrons. The van der Waals surface area contributed by atoms with Gasteiger partial charge in [-0.3, -0.25) is 4.98 Å². The van der Waals surface area contributed by atoms with E-state index in [1.54, 1.807) is 12.4 Å². The molecular weight excluding hydrogens is 212 g/mol. The van der Waals surface area contributed by atoms with Gasteiger partial charge in [0.15, 0.2) is 0 Å². The van der Waals surface area contributed by atoms with Crippen LogP contribution in [0.15, 0.2) is 24.5 Å². The lowest BCUT2D eigenvalue weighted by atomic mass is 10.2. The summed E-state index contributed by atoms with van der Waals surface area (Å²) in [4.78, 5) is 4.07. The van der Waals surface area contributed by atoms with Crippen LogP contribution >= 0.6 is 0 Å². The molecule has 2 N–H and O–H groups in total. The van der Waals surface area contributed by atoms with Gasteiger partial charge in [-0.1, -0.05) is 6.07 Å². The van der Waals surface area contributed by atoms with Crippen LogP contribution in [0.5, 0.6) is 0 Å². The predicted molar refractivity (Wildman–Crippen MR) is 66.4 cm³/mol. The Bertz CT molecular complexity index is 576. The summed E-state index contributed by atoms with van der Waals surface area (Å²) in [5.41, 5.74) is 9.61. The normalized spacial score (nSPS) is 10.2. The third-order valence-electron chi connectivity index (χ3n) is 3.04. The molecule has 0 radical (unpaired) electrons. The van der Waals surface area contributed by atoms with Gasteiger partial charge in [0.25, 0.3) is 0 Å². The molecule has 0 aliphatic heterocycles. The molecule has 0 unspecified atom stereocenters. The zero-order chi connectivity index (χ0) is 12.4. The predicted octanol–water partition coefficient (Wildman–Crippen LogP) is 2.00. The molecule has 0 bridgehead atoms. The fourth-order valence-electron chi connectivity index (χ4n) is 1.91. The van der Waals surface area contributed by atoms with Crippen LogP contribution in [0.25, 0.3) is 0 Å². The van der Waals surface area contributed by atoms with Crippen molar-refractivity contribution in [3.05, 3.63) is 46.9 Å². The van der Waals surface area contributed by atoms with Crippen LogP contribution in [0.2, 0.25) is 0 Å². The third-order valence-corrected chi connectivity index (χ3v) is 3.04. The molecule has 2 heterocycles. The lowest BCUT2D eigenvalue weighted by molar-refractivity contribution is 0.780. The molecule has 17 heavy (non-hydrogen) atoms. The average molecular weight is 226 g/mol. The van der Waals surface area contributed by atoms with Crippen LogP contribution in [-0.2, 0) is 6.54 Å². The van der Waals surface area contributed by atoms with Crippen molar-refractivity contribution in [1.82, 2.24) is 9.55 Å². The molecule has 0 atom stereocenters. The molecule has 0 spiro atoms. The molecule has 0 aromatic carbocycles. The molecule has 4 heteroatoms. The van der Waals surface area contributed by atoms with E-state index in [1.165, 1.54) is 0 Å². The van der Waals surface area contributed by atoms with Crippen LogP contribution in [0.3, 0.4) is 0 Å². The van der Waals surface area contributed by atoms with Crippen molar-refractivity contribution in [1.29, 1.82) is 5.26 Å². The van der Waals surface area contributed by atoms with Gasteiger partial charge >= 0.3 is 0 Å². The minimum atomic E-state index is 0.534. The molecule has 2 rings (SSSR count). The second kappa shape index (κ2) is 4.30. The maximum atomic E-state index is 9.05. The molecule has 0 saturated heterocycles. The van der Waals surface area contributed by atoms with Gasteiger partial charge in [-0.05, 0) is 31.0 Å². The Hall–Kier alpha value is -2.28. The van der Waals surface area contributed by atoms with Gasteiger partial charge in [0.2, 0.25) is 0 Å². The van der Waals surface area contributed by atoms with Crippen LogP contribution in [0.1, 0.15) is 22.4 Å². The highest BCUT2D eigenvalue weighted by Gasteiger charge is 2.14. The first-order valence-corrected chi connectivity index (χ1v) is 5.39. The number of pyridine rings is 1. The van der Waals surface area contributed by atoms with Crippen molar-refractivity contribution in [2.75, 3.05) is 5.73 Å². The highest BCUT2D eigenvalue weighted by atomic mass is 15.1. The van der Waals surface area contributed by atoms with E-state index in [1.807, 2.05) is 30.5 Å². The summed E-state index contributed by atoms with van der Waals surface area (Å²) in [6, 6.07) is 6.03. The number of nitrogen functional groups attached to an aromatic ring is 1. The van der Waals surface area contributed by atoms with E-state index in [2.05, 4.69) is 11.1 Å². The van der Waals surface area contributed by atoms with Crippen molar-refractivity contribution in [3.63, 3.8) is 0 Å². The molecule has 0 amide bonds. The Morgan fingerprint density at radius 3 is 2.76 bits per heavy atom. The molecule has 2 aromatic rings. The fourth-order valence-corrected chi connectivity index (χ4v) is 1.91. The van der Waals surface area contributed by atoms with Crippen molar-refractivity contribution >= 4 is 5.82 Å². The van der Waals surface area contributed by atoms with E-state index in [0.29, 0.717) is 17.9 Å². The number of nitrogens with zero attached hydrogens (tertiary/aromatic N) is 3. The first-order valence-electron chi connectivity index (χ1n) is 5.39. The summed E-state index contributed by atoms with van der Waals surface area (Å²) in [7, 11) is 0. The second-order valence-corrected chi connectivity index (χ2v) is 4.03. The van der Waals surface area contributed by atoms with Gasteiger partial charge in [0, 0.05) is 18.1 Å².